The molecule has 2 fully saturated rings. The Bertz CT molecular complexity index is 268. The van der Waals surface area contributed by atoms with Gasteiger partial charge in [-0.25, -0.2) is 4.79 Å². The van der Waals surface area contributed by atoms with Gasteiger partial charge in [-0.05, 0) is 19.3 Å². The highest BCUT2D eigenvalue weighted by molar-refractivity contribution is 6.01. The van der Waals surface area contributed by atoms with E-state index in [4.69, 9.17) is 4.74 Å². The largest absolute Gasteiger partial charge is 0.376 e. The number of ether oxygens (including phenoxy) is 1. The van der Waals surface area contributed by atoms with Gasteiger partial charge in [0.25, 0.3) is 0 Å². The van der Waals surface area contributed by atoms with Gasteiger partial charge in [0.1, 0.15) is 6.54 Å². The number of methoxy groups -OCH3 is 1. The molecule has 1 saturated heterocycles. The molecule has 0 aromatic heterocycles. The average molecular weight is 198 g/mol. The first-order valence-corrected chi connectivity index (χ1v) is 4.79. The molecule has 0 bridgehead atoms. The van der Waals surface area contributed by atoms with E-state index in [1.165, 1.54) is 4.90 Å². The van der Waals surface area contributed by atoms with Gasteiger partial charge in [0.2, 0.25) is 5.91 Å². The van der Waals surface area contributed by atoms with Crippen LogP contribution in [0.4, 0.5) is 4.79 Å². The third kappa shape index (κ3) is 1.48. The average Bonchev–Trinajstić information content (AvgIpc) is 2.38. The van der Waals surface area contributed by atoms with Gasteiger partial charge in [-0.3, -0.25) is 10.1 Å². The number of imide groups is 1. The van der Waals surface area contributed by atoms with Crippen molar-refractivity contribution in [1.29, 1.82) is 0 Å². The standard InChI is InChI=1S/C9H14N2O3/c1-14-9(3-2-4-9)6-11-5-7(12)10-8(11)13/h2-6H2,1H3,(H,10,12,13). The summed E-state index contributed by atoms with van der Waals surface area (Å²) in [6, 6.07) is -0.293. The summed E-state index contributed by atoms with van der Waals surface area (Å²) in [4.78, 5) is 23.7. The molecule has 2 rings (SSSR count). The minimum Gasteiger partial charge on any atom is -0.376 e. The van der Waals surface area contributed by atoms with Gasteiger partial charge in [0.15, 0.2) is 0 Å². The molecule has 0 aromatic rings. The number of nitrogens with zero attached hydrogens (tertiary/aromatic N) is 1. The van der Waals surface area contributed by atoms with Crippen molar-refractivity contribution >= 4 is 11.9 Å². The van der Waals surface area contributed by atoms with Crippen LogP contribution in [-0.4, -0.2) is 42.6 Å². The Balaban J connectivity index is 1.96. The molecule has 1 N–H and O–H groups in total. The van der Waals surface area contributed by atoms with Crippen LogP contribution >= 0.6 is 0 Å². The summed E-state index contributed by atoms with van der Waals surface area (Å²) >= 11 is 0. The van der Waals surface area contributed by atoms with E-state index in [2.05, 4.69) is 5.32 Å². The summed E-state index contributed by atoms with van der Waals surface area (Å²) in [5.74, 6) is -0.222. The Kier molecular flexibility index (Phi) is 2.19. The third-order valence-electron chi connectivity index (χ3n) is 3.04. The molecule has 14 heavy (non-hydrogen) atoms. The second-order valence-electron chi connectivity index (χ2n) is 3.95. The first-order valence-electron chi connectivity index (χ1n) is 4.79. The zero-order valence-electron chi connectivity index (χ0n) is 8.21. The highest BCUT2D eigenvalue weighted by Crippen LogP contribution is 2.35. The monoisotopic (exact) mass is 198 g/mol. The maximum Gasteiger partial charge on any atom is 0.324 e. The van der Waals surface area contributed by atoms with Crippen LogP contribution in [0.5, 0.6) is 0 Å². The van der Waals surface area contributed by atoms with Crippen LogP contribution < -0.4 is 5.32 Å². The van der Waals surface area contributed by atoms with Crippen LogP contribution in [0.1, 0.15) is 19.3 Å². The minimum absolute atomic E-state index is 0.171. The van der Waals surface area contributed by atoms with Gasteiger partial charge in [0, 0.05) is 7.11 Å². The zero-order valence-corrected chi connectivity index (χ0v) is 8.21. The quantitative estimate of drug-likeness (QED) is 0.655. The number of carbonyl (C=O) groups excluding carboxylic acids is 2. The van der Waals surface area contributed by atoms with Gasteiger partial charge in [0.05, 0.1) is 12.1 Å². The van der Waals surface area contributed by atoms with Crippen molar-refractivity contribution in [2.75, 3.05) is 20.2 Å². The molecular weight excluding hydrogens is 184 g/mol. The van der Waals surface area contributed by atoms with E-state index in [-0.39, 0.29) is 24.1 Å². The lowest BCUT2D eigenvalue weighted by Crippen LogP contribution is -2.50. The highest BCUT2D eigenvalue weighted by Gasteiger charge is 2.41. The van der Waals surface area contributed by atoms with E-state index in [9.17, 15) is 9.59 Å². The first kappa shape index (κ1) is 9.45. The van der Waals surface area contributed by atoms with Crippen LogP contribution in [0.15, 0.2) is 0 Å². The molecule has 5 heteroatoms. The normalized spacial score (nSPS) is 24.8. The predicted octanol–water partition coefficient (Wildman–Crippen LogP) is 0.107. The molecule has 3 amide bonds. The number of carbonyl (C=O) groups is 2. The molecule has 2 aliphatic rings. The molecule has 1 saturated carbocycles. The van der Waals surface area contributed by atoms with Crippen molar-refractivity contribution in [2.24, 2.45) is 0 Å². The van der Waals surface area contributed by atoms with Crippen LogP contribution in [0.2, 0.25) is 0 Å². The third-order valence-corrected chi connectivity index (χ3v) is 3.04. The molecule has 0 atom stereocenters. The van der Waals surface area contributed by atoms with Crippen molar-refractivity contribution in [2.45, 2.75) is 24.9 Å². The minimum atomic E-state index is -0.293. The molecule has 0 spiro atoms. The molecule has 1 aliphatic carbocycles. The SMILES string of the molecule is COC1(CN2CC(=O)NC2=O)CCC1. The topological polar surface area (TPSA) is 58.6 Å². The lowest BCUT2D eigenvalue weighted by Gasteiger charge is -2.42. The van der Waals surface area contributed by atoms with E-state index in [0.717, 1.165) is 19.3 Å². The van der Waals surface area contributed by atoms with E-state index in [1.54, 1.807) is 7.11 Å². The Morgan fingerprint density at radius 2 is 2.21 bits per heavy atom. The molecule has 5 nitrogen and oxygen atoms in total. The second-order valence-corrected chi connectivity index (χ2v) is 3.95. The Labute approximate surface area is 82.4 Å². The van der Waals surface area contributed by atoms with Gasteiger partial charge in [-0.1, -0.05) is 0 Å². The van der Waals surface area contributed by atoms with Crippen LogP contribution in [-0.2, 0) is 9.53 Å². The molecule has 0 radical (unpaired) electrons. The van der Waals surface area contributed by atoms with Gasteiger partial charge >= 0.3 is 6.03 Å². The molecule has 1 aliphatic heterocycles. The summed E-state index contributed by atoms with van der Waals surface area (Å²) in [7, 11) is 1.66. The zero-order chi connectivity index (χ0) is 10.2. The molecule has 78 valence electrons. The van der Waals surface area contributed by atoms with E-state index in [0.29, 0.717) is 6.54 Å². The smallest absolute Gasteiger partial charge is 0.324 e. The van der Waals surface area contributed by atoms with E-state index in [1.807, 2.05) is 0 Å². The number of amides is 3. The number of urea groups is 1. The molecular formula is C9H14N2O3. The number of hydrogen-bond acceptors (Lipinski definition) is 3. The second kappa shape index (κ2) is 3.24. The lowest BCUT2D eigenvalue weighted by atomic mass is 9.79. The van der Waals surface area contributed by atoms with Gasteiger partial charge in [-0.2, -0.15) is 0 Å². The molecule has 0 unspecified atom stereocenters. The first-order chi connectivity index (χ1) is 6.65. The van der Waals surface area contributed by atoms with Crippen molar-refractivity contribution in [3.63, 3.8) is 0 Å². The van der Waals surface area contributed by atoms with Crippen molar-refractivity contribution in [3.8, 4) is 0 Å². The van der Waals surface area contributed by atoms with Gasteiger partial charge in [-0.15, -0.1) is 0 Å². The van der Waals surface area contributed by atoms with Crippen LogP contribution in [0, 0.1) is 0 Å². The Morgan fingerprint density at radius 3 is 2.57 bits per heavy atom. The number of rotatable bonds is 3. The fraction of sp³-hybridized carbons (Fsp3) is 0.778. The van der Waals surface area contributed by atoms with Crippen LogP contribution in [0.25, 0.3) is 0 Å². The highest BCUT2D eigenvalue weighted by atomic mass is 16.5. The van der Waals surface area contributed by atoms with Crippen LogP contribution in [0.3, 0.4) is 0 Å². The summed E-state index contributed by atoms with van der Waals surface area (Å²) in [6.07, 6.45) is 3.08. The number of nitrogens with one attached hydrogen (secondary N) is 1. The van der Waals surface area contributed by atoms with E-state index >= 15 is 0 Å². The Morgan fingerprint density at radius 1 is 1.50 bits per heavy atom. The summed E-state index contributed by atoms with van der Waals surface area (Å²) in [5.41, 5.74) is -0.193. The predicted molar refractivity (Wildman–Crippen MR) is 48.7 cm³/mol. The molecule has 0 aromatic carbocycles. The summed E-state index contributed by atoms with van der Waals surface area (Å²) in [5, 5.41) is 2.25. The number of hydrogen-bond donors (Lipinski definition) is 1. The fourth-order valence-corrected chi connectivity index (χ4v) is 1.96. The van der Waals surface area contributed by atoms with Crippen molar-refractivity contribution in [3.05, 3.63) is 0 Å². The van der Waals surface area contributed by atoms with Gasteiger partial charge < -0.3 is 9.64 Å². The lowest BCUT2D eigenvalue weighted by molar-refractivity contribution is -0.119. The van der Waals surface area contributed by atoms with E-state index < -0.39 is 0 Å². The maximum atomic E-state index is 11.3. The summed E-state index contributed by atoms with van der Waals surface area (Å²) in [6.45, 7) is 0.699. The summed E-state index contributed by atoms with van der Waals surface area (Å²) < 4.78 is 5.39. The molecule has 1 heterocycles. The van der Waals surface area contributed by atoms with Crippen molar-refractivity contribution in [1.82, 2.24) is 10.2 Å². The van der Waals surface area contributed by atoms with Crippen molar-refractivity contribution < 1.29 is 14.3 Å². The maximum absolute atomic E-state index is 11.3. The fourth-order valence-electron chi connectivity index (χ4n) is 1.96. The Hall–Kier alpha value is -1.10.